The molecule has 2 saturated carbocycles. The zero-order valence-corrected chi connectivity index (χ0v) is 7.10. The van der Waals surface area contributed by atoms with Crippen LogP contribution in [0, 0.1) is 5.92 Å². The van der Waals surface area contributed by atoms with E-state index in [9.17, 15) is 4.79 Å². The molecule has 2 rings (SSSR count). The molecular weight excluding hydrogens is 162 g/mol. The molecule has 1 amide bonds. The molecule has 2 fully saturated rings. The minimum absolute atomic E-state index is 0.0525. The van der Waals surface area contributed by atoms with Gasteiger partial charge in [0.05, 0.1) is 0 Å². The molecule has 3 heteroatoms. The van der Waals surface area contributed by atoms with Gasteiger partial charge in [-0.05, 0) is 31.6 Å². The fraction of sp³-hybridized carbons (Fsp3) is 0.875. The Kier molecular flexibility index (Phi) is 1.80. The zero-order valence-electron chi connectivity index (χ0n) is 6.35. The predicted molar refractivity (Wildman–Crippen MR) is 43.5 cm³/mol. The Labute approximate surface area is 71.3 Å². The Bertz CT molecular complexity index is 175. The first-order valence-electron chi connectivity index (χ1n) is 4.22. The summed E-state index contributed by atoms with van der Waals surface area (Å²) < 4.78 is 0. The van der Waals surface area contributed by atoms with Crippen molar-refractivity contribution < 1.29 is 4.79 Å². The van der Waals surface area contributed by atoms with Crippen LogP contribution in [-0.4, -0.2) is 17.3 Å². The molecule has 0 aliphatic heterocycles. The summed E-state index contributed by atoms with van der Waals surface area (Å²) >= 11 is 5.89. The zero-order chi connectivity index (χ0) is 7.84. The second-order valence-corrected chi connectivity index (χ2v) is 3.99. The third-order valence-electron chi connectivity index (χ3n) is 2.21. The number of carbonyl (C=O) groups excluding carboxylic acids is 1. The summed E-state index contributed by atoms with van der Waals surface area (Å²) in [4.78, 5) is 11.2. The van der Waals surface area contributed by atoms with Gasteiger partial charge in [0.25, 0.3) is 0 Å². The van der Waals surface area contributed by atoms with Crippen molar-refractivity contribution in [1.29, 1.82) is 0 Å². The number of alkyl halides is 1. The van der Waals surface area contributed by atoms with E-state index in [0.29, 0.717) is 12.0 Å². The Balaban J connectivity index is 1.77. The minimum Gasteiger partial charge on any atom is -0.352 e. The van der Waals surface area contributed by atoms with Crippen molar-refractivity contribution in [1.82, 2.24) is 5.32 Å². The summed E-state index contributed by atoms with van der Waals surface area (Å²) in [5.74, 6) is 0.520. The first-order valence-corrected chi connectivity index (χ1v) is 4.65. The van der Waals surface area contributed by atoms with Crippen LogP contribution < -0.4 is 5.32 Å². The van der Waals surface area contributed by atoms with Gasteiger partial charge >= 0.3 is 0 Å². The second-order valence-electron chi connectivity index (χ2n) is 3.52. The highest BCUT2D eigenvalue weighted by atomic mass is 35.5. The molecule has 0 aromatic carbocycles. The van der Waals surface area contributed by atoms with Crippen molar-refractivity contribution in [3.63, 3.8) is 0 Å². The first kappa shape index (κ1) is 7.41. The maximum Gasteiger partial charge on any atom is 0.238 e. The van der Waals surface area contributed by atoms with Crippen molar-refractivity contribution in [2.45, 2.75) is 37.1 Å². The van der Waals surface area contributed by atoms with Crippen LogP contribution in [0.5, 0.6) is 0 Å². The molecule has 0 saturated heterocycles. The fourth-order valence-electron chi connectivity index (χ4n) is 1.11. The van der Waals surface area contributed by atoms with Gasteiger partial charge in [0, 0.05) is 6.04 Å². The molecule has 0 aromatic heterocycles. The van der Waals surface area contributed by atoms with Gasteiger partial charge in [-0.1, -0.05) is 0 Å². The summed E-state index contributed by atoms with van der Waals surface area (Å²) in [7, 11) is 0. The first-order chi connectivity index (χ1) is 5.27. The van der Waals surface area contributed by atoms with Crippen molar-refractivity contribution in [2.24, 2.45) is 5.92 Å². The fourth-order valence-corrected chi connectivity index (χ4v) is 1.43. The van der Waals surface area contributed by atoms with Gasteiger partial charge in [-0.3, -0.25) is 4.79 Å². The van der Waals surface area contributed by atoms with Crippen LogP contribution in [0.4, 0.5) is 0 Å². The van der Waals surface area contributed by atoms with E-state index < -0.39 is 0 Å². The average molecular weight is 174 g/mol. The molecule has 1 N–H and O–H groups in total. The van der Waals surface area contributed by atoms with Crippen LogP contribution in [0.15, 0.2) is 0 Å². The van der Waals surface area contributed by atoms with E-state index >= 15 is 0 Å². The third kappa shape index (κ3) is 1.86. The third-order valence-corrected chi connectivity index (χ3v) is 2.76. The monoisotopic (exact) mass is 173 g/mol. The molecule has 0 heterocycles. The smallest absolute Gasteiger partial charge is 0.238 e. The van der Waals surface area contributed by atoms with Crippen LogP contribution in [0.25, 0.3) is 0 Å². The lowest BCUT2D eigenvalue weighted by molar-refractivity contribution is -0.121. The molecule has 0 radical (unpaired) electrons. The molecule has 2 aliphatic rings. The van der Waals surface area contributed by atoms with E-state index in [-0.39, 0.29) is 11.3 Å². The number of halogens is 1. The van der Waals surface area contributed by atoms with Crippen LogP contribution in [0.3, 0.4) is 0 Å². The summed E-state index contributed by atoms with van der Waals surface area (Å²) in [6.45, 7) is 0. The molecule has 0 aromatic rings. The molecule has 62 valence electrons. The lowest BCUT2D eigenvalue weighted by Crippen LogP contribution is -2.33. The largest absolute Gasteiger partial charge is 0.352 e. The molecule has 0 bridgehead atoms. The van der Waals surface area contributed by atoms with Crippen molar-refractivity contribution >= 4 is 17.5 Å². The van der Waals surface area contributed by atoms with Gasteiger partial charge in [0.1, 0.15) is 5.38 Å². The van der Waals surface area contributed by atoms with Gasteiger partial charge in [-0.15, -0.1) is 11.6 Å². The highest BCUT2D eigenvalue weighted by Gasteiger charge is 2.36. The Morgan fingerprint density at radius 3 is 2.45 bits per heavy atom. The minimum atomic E-state index is -0.254. The Morgan fingerprint density at radius 2 is 2.00 bits per heavy atom. The van der Waals surface area contributed by atoms with Crippen LogP contribution >= 0.6 is 11.6 Å². The van der Waals surface area contributed by atoms with Crippen molar-refractivity contribution in [3.05, 3.63) is 0 Å². The molecule has 2 aliphatic carbocycles. The summed E-state index contributed by atoms with van der Waals surface area (Å²) in [5.41, 5.74) is 0. The molecule has 2 nitrogen and oxygen atoms in total. The predicted octanol–water partition coefficient (Wildman–Crippen LogP) is 1.28. The number of hydrogen-bond acceptors (Lipinski definition) is 1. The number of amides is 1. The normalized spacial score (nSPS) is 26.3. The number of nitrogens with one attached hydrogen (secondary N) is 1. The van der Waals surface area contributed by atoms with Crippen molar-refractivity contribution in [2.75, 3.05) is 0 Å². The Hall–Kier alpha value is -0.240. The van der Waals surface area contributed by atoms with Gasteiger partial charge in [0.15, 0.2) is 0 Å². The van der Waals surface area contributed by atoms with E-state index in [1.165, 1.54) is 0 Å². The van der Waals surface area contributed by atoms with Crippen molar-refractivity contribution in [3.8, 4) is 0 Å². The number of rotatable bonds is 3. The van der Waals surface area contributed by atoms with E-state index in [0.717, 1.165) is 25.7 Å². The lowest BCUT2D eigenvalue weighted by atomic mass is 10.2. The molecule has 11 heavy (non-hydrogen) atoms. The second kappa shape index (κ2) is 2.67. The van der Waals surface area contributed by atoms with E-state index in [1.807, 2.05) is 0 Å². The highest BCUT2D eigenvalue weighted by molar-refractivity contribution is 6.31. The van der Waals surface area contributed by atoms with Gasteiger partial charge < -0.3 is 5.32 Å². The van der Waals surface area contributed by atoms with Gasteiger partial charge in [-0.2, -0.15) is 0 Å². The molecule has 1 unspecified atom stereocenters. The summed E-state index contributed by atoms with van der Waals surface area (Å²) in [6.07, 6.45) is 4.54. The number of carbonyl (C=O) groups is 1. The van der Waals surface area contributed by atoms with Gasteiger partial charge in [0.2, 0.25) is 5.91 Å². The van der Waals surface area contributed by atoms with E-state index in [1.54, 1.807) is 0 Å². The summed E-state index contributed by atoms with van der Waals surface area (Å²) in [6, 6.07) is 0.447. The maximum atomic E-state index is 11.2. The van der Waals surface area contributed by atoms with Crippen LogP contribution in [-0.2, 0) is 4.79 Å². The topological polar surface area (TPSA) is 29.1 Å². The quantitative estimate of drug-likeness (QED) is 0.641. The highest BCUT2D eigenvalue weighted by Crippen LogP contribution is 2.36. The molecule has 1 atom stereocenters. The molecule has 0 spiro atoms. The lowest BCUT2D eigenvalue weighted by Gasteiger charge is -2.07. The average Bonchev–Trinajstić information content (AvgIpc) is 2.81. The van der Waals surface area contributed by atoms with Gasteiger partial charge in [-0.25, -0.2) is 0 Å². The summed E-state index contributed by atoms with van der Waals surface area (Å²) in [5, 5.41) is 2.65. The van der Waals surface area contributed by atoms with E-state index in [2.05, 4.69) is 5.32 Å². The Morgan fingerprint density at radius 1 is 1.36 bits per heavy atom. The number of hydrogen-bond donors (Lipinski definition) is 1. The molecular formula is C8H12ClNO. The van der Waals surface area contributed by atoms with Crippen LogP contribution in [0.2, 0.25) is 0 Å². The van der Waals surface area contributed by atoms with Crippen LogP contribution in [0.1, 0.15) is 25.7 Å². The standard InChI is InChI=1S/C8H12ClNO/c9-7(5-1-2-5)8(11)10-6-3-4-6/h5-7H,1-4H2,(H,10,11). The maximum absolute atomic E-state index is 11.2. The SMILES string of the molecule is O=C(NC1CC1)C(Cl)C1CC1. The van der Waals surface area contributed by atoms with E-state index in [4.69, 9.17) is 11.6 Å².